The van der Waals surface area contributed by atoms with Crippen LogP contribution in [0.25, 0.3) is 0 Å². The summed E-state index contributed by atoms with van der Waals surface area (Å²) < 4.78 is 15.7. The Labute approximate surface area is 86.1 Å². The molecule has 82 valence electrons. The van der Waals surface area contributed by atoms with Crippen LogP contribution in [-0.2, 0) is 19.0 Å². The highest BCUT2D eigenvalue weighted by Crippen LogP contribution is 2.34. The lowest BCUT2D eigenvalue weighted by Crippen LogP contribution is -2.54. The lowest BCUT2D eigenvalue weighted by molar-refractivity contribution is -0.149. The van der Waals surface area contributed by atoms with Crippen LogP contribution in [0.4, 0.5) is 4.79 Å². The third-order valence-corrected chi connectivity index (χ3v) is 3.18. The number of carbonyl (C=O) groups is 2. The van der Waals surface area contributed by atoms with Crippen molar-refractivity contribution in [1.29, 1.82) is 0 Å². The van der Waals surface area contributed by atoms with Crippen molar-refractivity contribution >= 4 is 12.1 Å². The zero-order chi connectivity index (χ0) is 10.6. The van der Waals surface area contributed by atoms with Crippen LogP contribution in [-0.4, -0.2) is 55.0 Å². The molecule has 6 heteroatoms. The molecule has 3 saturated heterocycles. The highest BCUT2D eigenvalue weighted by atomic mass is 16.6. The average Bonchev–Trinajstić information content (AvgIpc) is 2.68. The molecule has 0 spiro atoms. The summed E-state index contributed by atoms with van der Waals surface area (Å²) in [7, 11) is 1.65. The van der Waals surface area contributed by atoms with Gasteiger partial charge in [0, 0.05) is 7.05 Å². The molecule has 0 aromatic heterocycles. The molecule has 6 nitrogen and oxygen atoms in total. The average molecular weight is 213 g/mol. The van der Waals surface area contributed by atoms with Gasteiger partial charge in [-0.1, -0.05) is 0 Å². The van der Waals surface area contributed by atoms with Gasteiger partial charge in [0.1, 0.15) is 12.1 Å². The molecule has 1 amide bonds. The van der Waals surface area contributed by atoms with E-state index in [1.807, 2.05) is 0 Å². The number of nitrogens with zero attached hydrogens (tertiary/aromatic N) is 1. The number of likely N-dealkylation sites (N-methyl/N-ethyl adjacent to an activating group) is 1. The first-order valence-corrected chi connectivity index (χ1v) is 4.91. The van der Waals surface area contributed by atoms with Crippen LogP contribution in [0, 0.1) is 0 Å². The fourth-order valence-electron chi connectivity index (χ4n) is 2.44. The molecule has 3 aliphatic heterocycles. The minimum Gasteiger partial charge on any atom is -0.457 e. The predicted molar refractivity (Wildman–Crippen MR) is 46.1 cm³/mol. The van der Waals surface area contributed by atoms with Gasteiger partial charge < -0.3 is 19.1 Å². The molecular formula is C9H11NO5. The van der Waals surface area contributed by atoms with Crippen molar-refractivity contribution < 1.29 is 23.8 Å². The molecule has 3 heterocycles. The summed E-state index contributed by atoms with van der Waals surface area (Å²) in [5.74, 6) is -0.265. The number of amides is 1. The molecule has 0 saturated carbocycles. The van der Waals surface area contributed by atoms with Gasteiger partial charge in [0.05, 0.1) is 13.0 Å². The molecule has 3 fully saturated rings. The maximum Gasteiger partial charge on any atom is 0.410 e. The summed E-state index contributed by atoms with van der Waals surface area (Å²) in [6.07, 6.45) is -1.01. The largest absolute Gasteiger partial charge is 0.457 e. The molecule has 0 aliphatic carbocycles. The van der Waals surface area contributed by atoms with E-state index >= 15 is 0 Å². The summed E-state index contributed by atoms with van der Waals surface area (Å²) in [5.41, 5.74) is 0. The monoisotopic (exact) mass is 213 g/mol. The van der Waals surface area contributed by atoms with E-state index in [4.69, 9.17) is 14.2 Å². The summed E-state index contributed by atoms with van der Waals surface area (Å²) in [6, 6.07) is -0.192. The van der Waals surface area contributed by atoms with E-state index in [0.717, 1.165) is 0 Å². The Morgan fingerprint density at radius 2 is 2.07 bits per heavy atom. The van der Waals surface area contributed by atoms with Crippen molar-refractivity contribution in [3.63, 3.8) is 0 Å². The molecule has 0 radical (unpaired) electrons. The van der Waals surface area contributed by atoms with Crippen molar-refractivity contribution in [2.75, 3.05) is 13.7 Å². The van der Waals surface area contributed by atoms with Crippen LogP contribution < -0.4 is 0 Å². The van der Waals surface area contributed by atoms with Gasteiger partial charge in [-0.2, -0.15) is 0 Å². The van der Waals surface area contributed by atoms with Gasteiger partial charge in [0.25, 0.3) is 0 Å². The number of hydrogen-bond acceptors (Lipinski definition) is 5. The molecule has 4 atom stereocenters. The van der Waals surface area contributed by atoms with Gasteiger partial charge in [0.2, 0.25) is 0 Å². The highest BCUT2D eigenvalue weighted by Gasteiger charge is 2.55. The topological polar surface area (TPSA) is 65.1 Å². The van der Waals surface area contributed by atoms with Gasteiger partial charge in [-0.3, -0.25) is 4.79 Å². The Balaban J connectivity index is 1.89. The van der Waals surface area contributed by atoms with Crippen molar-refractivity contribution in [3.05, 3.63) is 0 Å². The van der Waals surface area contributed by atoms with Crippen LogP contribution in [0.2, 0.25) is 0 Å². The summed E-state index contributed by atoms with van der Waals surface area (Å²) in [4.78, 5) is 23.9. The van der Waals surface area contributed by atoms with Crippen molar-refractivity contribution in [1.82, 2.24) is 4.90 Å². The molecule has 3 aliphatic rings. The number of hydrogen-bond donors (Lipinski definition) is 0. The maximum atomic E-state index is 11.3. The van der Waals surface area contributed by atoms with E-state index in [2.05, 4.69) is 0 Å². The van der Waals surface area contributed by atoms with Crippen LogP contribution in [0.5, 0.6) is 0 Å². The standard InChI is InChI=1S/C9H11NO5/c1-10-7-5(14-9(10)12)3-13-4-2-6(11)15-8(4)7/h4-5,7-8H,2-3H2,1H3/t4-,5-,7-,8+/m0/s1. The molecule has 0 N–H and O–H groups in total. The number of ether oxygens (including phenoxy) is 3. The van der Waals surface area contributed by atoms with Crippen molar-refractivity contribution in [2.45, 2.75) is 30.8 Å². The van der Waals surface area contributed by atoms with E-state index in [-0.39, 0.29) is 42.8 Å². The molecule has 0 unspecified atom stereocenters. The van der Waals surface area contributed by atoms with Gasteiger partial charge in [-0.15, -0.1) is 0 Å². The number of carbonyl (C=O) groups excluding carboxylic acids is 2. The van der Waals surface area contributed by atoms with Gasteiger partial charge >= 0.3 is 12.1 Å². The second-order valence-corrected chi connectivity index (χ2v) is 4.05. The lowest BCUT2D eigenvalue weighted by atomic mass is 9.97. The van der Waals surface area contributed by atoms with Gasteiger partial charge in [0.15, 0.2) is 12.2 Å². The van der Waals surface area contributed by atoms with E-state index in [1.165, 1.54) is 4.90 Å². The second-order valence-electron chi connectivity index (χ2n) is 4.05. The minimum absolute atomic E-state index is 0.192. The summed E-state index contributed by atoms with van der Waals surface area (Å²) in [5, 5.41) is 0. The van der Waals surface area contributed by atoms with E-state index < -0.39 is 0 Å². The Hall–Kier alpha value is -1.30. The van der Waals surface area contributed by atoms with Crippen LogP contribution in [0.15, 0.2) is 0 Å². The first-order valence-electron chi connectivity index (χ1n) is 4.91. The Kier molecular flexibility index (Phi) is 1.70. The number of esters is 1. The molecule has 0 bridgehead atoms. The minimum atomic E-state index is -0.378. The molecule has 3 rings (SSSR count). The first-order chi connectivity index (χ1) is 7.16. The normalized spacial score (nSPS) is 43.4. The fraction of sp³-hybridized carbons (Fsp3) is 0.778. The van der Waals surface area contributed by atoms with E-state index in [1.54, 1.807) is 7.05 Å². The van der Waals surface area contributed by atoms with Crippen molar-refractivity contribution in [2.24, 2.45) is 0 Å². The molecule has 15 heavy (non-hydrogen) atoms. The molecule has 0 aromatic rings. The third kappa shape index (κ3) is 1.14. The molecule has 0 aromatic carbocycles. The summed E-state index contributed by atoms with van der Waals surface area (Å²) in [6.45, 7) is 0.346. The Morgan fingerprint density at radius 3 is 2.87 bits per heavy atom. The predicted octanol–water partition coefficient (Wildman–Crippen LogP) is -0.480. The zero-order valence-electron chi connectivity index (χ0n) is 8.21. The van der Waals surface area contributed by atoms with Crippen LogP contribution in [0.1, 0.15) is 6.42 Å². The second kappa shape index (κ2) is 2.85. The Bertz CT molecular complexity index is 330. The smallest absolute Gasteiger partial charge is 0.410 e. The van der Waals surface area contributed by atoms with Gasteiger partial charge in [-0.05, 0) is 0 Å². The van der Waals surface area contributed by atoms with E-state index in [9.17, 15) is 9.59 Å². The quantitative estimate of drug-likeness (QED) is 0.508. The lowest BCUT2D eigenvalue weighted by Gasteiger charge is -2.34. The molecular weight excluding hydrogens is 202 g/mol. The maximum absolute atomic E-state index is 11.3. The van der Waals surface area contributed by atoms with E-state index in [0.29, 0.717) is 6.61 Å². The fourth-order valence-corrected chi connectivity index (χ4v) is 2.44. The third-order valence-electron chi connectivity index (χ3n) is 3.18. The van der Waals surface area contributed by atoms with Gasteiger partial charge in [-0.25, -0.2) is 4.79 Å². The van der Waals surface area contributed by atoms with Crippen LogP contribution in [0.3, 0.4) is 0 Å². The SMILES string of the molecule is CN1C(=O)O[C@H]2CO[C@H]3CC(=O)O[C@H]3[C@H]21. The first kappa shape index (κ1) is 8.96. The van der Waals surface area contributed by atoms with Crippen molar-refractivity contribution in [3.8, 4) is 0 Å². The van der Waals surface area contributed by atoms with Crippen LogP contribution >= 0.6 is 0 Å². The summed E-state index contributed by atoms with van der Waals surface area (Å²) >= 11 is 0. The number of fused-ring (bicyclic) bond motifs is 3. The number of rotatable bonds is 0. The zero-order valence-corrected chi connectivity index (χ0v) is 8.21. The Morgan fingerprint density at radius 1 is 1.27 bits per heavy atom. The highest BCUT2D eigenvalue weighted by molar-refractivity contribution is 5.74.